The molecule has 0 aromatic heterocycles. The average molecular weight is 476 g/mol. The van der Waals surface area contributed by atoms with Gasteiger partial charge in [0.1, 0.15) is 24.2 Å². The topological polar surface area (TPSA) is 47.9 Å². The molecular formula is C23H29Cl3O4. The van der Waals surface area contributed by atoms with Crippen LogP contribution in [0.3, 0.4) is 0 Å². The summed E-state index contributed by atoms with van der Waals surface area (Å²) in [6.07, 6.45) is -0.711. The molecule has 4 nitrogen and oxygen atoms in total. The Morgan fingerprint density at radius 1 is 0.900 bits per heavy atom. The number of hydrogen-bond acceptors (Lipinski definition) is 4. The predicted molar refractivity (Wildman–Crippen MR) is 124 cm³/mol. The number of hydrogen-bond donors (Lipinski definition) is 1. The van der Waals surface area contributed by atoms with E-state index in [0.29, 0.717) is 34.0 Å². The molecule has 1 N–H and O–H groups in total. The number of benzene rings is 2. The summed E-state index contributed by atoms with van der Waals surface area (Å²) < 4.78 is 16.3. The third-order valence-corrected chi connectivity index (χ3v) is 6.00. The maximum absolute atomic E-state index is 9.74. The second kappa shape index (κ2) is 11.4. The van der Waals surface area contributed by atoms with Crippen LogP contribution in [0.5, 0.6) is 11.5 Å². The Bertz CT molecular complexity index is 826. The Hall–Kier alpha value is -1.17. The van der Waals surface area contributed by atoms with Crippen LogP contribution >= 0.6 is 34.8 Å². The van der Waals surface area contributed by atoms with Crippen molar-refractivity contribution in [3.05, 3.63) is 57.6 Å². The zero-order chi connectivity index (χ0) is 22.3. The van der Waals surface area contributed by atoms with E-state index >= 15 is 0 Å². The second-order valence-corrected chi connectivity index (χ2v) is 9.03. The van der Waals surface area contributed by atoms with E-state index in [1.807, 2.05) is 43.3 Å². The normalized spacial score (nSPS) is 13.7. The van der Waals surface area contributed by atoms with Crippen molar-refractivity contribution in [1.29, 1.82) is 0 Å². The Morgan fingerprint density at radius 2 is 1.40 bits per heavy atom. The van der Waals surface area contributed by atoms with Crippen LogP contribution in [-0.4, -0.2) is 44.0 Å². The van der Waals surface area contributed by atoms with Crippen molar-refractivity contribution in [2.24, 2.45) is 5.92 Å². The van der Waals surface area contributed by atoms with Crippen LogP contribution in [-0.2, 0) is 10.2 Å². The summed E-state index contributed by atoms with van der Waals surface area (Å²) in [5, 5.41) is 10.8. The minimum Gasteiger partial charge on any atom is -0.492 e. The third kappa shape index (κ3) is 6.66. The molecule has 0 radical (unpaired) electrons. The van der Waals surface area contributed by atoms with Gasteiger partial charge in [0.2, 0.25) is 0 Å². The van der Waals surface area contributed by atoms with Crippen LogP contribution in [0.4, 0.5) is 0 Å². The van der Waals surface area contributed by atoms with Gasteiger partial charge < -0.3 is 19.3 Å². The number of rotatable bonds is 11. The first-order chi connectivity index (χ1) is 14.2. The first-order valence-electron chi connectivity index (χ1n) is 9.77. The second-order valence-electron chi connectivity index (χ2n) is 7.91. The minimum atomic E-state index is -0.711. The average Bonchev–Trinajstić information content (AvgIpc) is 2.71. The number of aliphatic hydroxyl groups is 1. The van der Waals surface area contributed by atoms with Crippen LogP contribution < -0.4 is 9.47 Å². The van der Waals surface area contributed by atoms with E-state index < -0.39 is 6.10 Å². The lowest BCUT2D eigenvalue weighted by Gasteiger charge is -2.27. The summed E-state index contributed by atoms with van der Waals surface area (Å²) in [6, 6.07) is 11.5. The van der Waals surface area contributed by atoms with Gasteiger partial charge in [-0.2, -0.15) is 0 Å². The molecule has 0 bridgehead atoms. The standard InChI is InChI=1S/C23H29Cl3O4/c1-15(11-24)12-29-21-7-5-16(9-19(21)25)23(2,3)17-6-8-22(20(26)10-17)30-14-18(27)13-28-4/h5-10,15,18,27H,11-14H2,1-4H3. The molecule has 0 spiro atoms. The Labute approximate surface area is 194 Å². The molecule has 7 heteroatoms. The molecule has 2 atom stereocenters. The number of halogens is 3. The van der Waals surface area contributed by atoms with Gasteiger partial charge in [-0.05, 0) is 35.4 Å². The fourth-order valence-electron chi connectivity index (χ4n) is 2.88. The van der Waals surface area contributed by atoms with Crippen LogP contribution in [0.2, 0.25) is 10.0 Å². The van der Waals surface area contributed by atoms with Gasteiger partial charge in [0, 0.05) is 24.3 Å². The van der Waals surface area contributed by atoms with E-state index in [1.165, 1.54) is 7.11 Å². The molecule has 30 heavy (non-hydrogen) atoms. The van der Waals surface area contributed by atoms with Crippen molar-refractivity contribution < 1.29 is 19.3 Å². The SMILES string of the molecule is COCC(O)COc1ccc(C(C)(C)c2ccc(OCC(C)CCl)c(Cl)c2)cc1Cl. The number of methoxy groups -OCH3 is 1. The summed E-state index contributed by atoms with van der Waals surface area (Å²) in [5.41, 5.74) is 1.70. The van der Waals surface area contributed by atoms with Crippen molar-refractivity contribution in [1.82, 2.24) is 0 Å². The van der Waals surface area contributed by atoms with Crippen molar-refractivity contribution in [2.45, 2.75) is 32.3 Å². The molecule has 0 aliphatic carbocycles. The largest absolute Gasteiger partial charge is 0.492 e. The minimum absolute atomic E-state index is 0.107. The zero-order valence-corrected chi connectivity index (χ0v) is 20.0. The van der Waals surface area contributed by atoms with Gasteiger partial charge in [-0.1, -0.05) is 56.1 Å². The molecule has 0 saturated carbocycles. The van der Waals surface area contributed by atoms with Crippen LogP contribution in [0, 0.1) is 5.92 Å². The molecule has 2 rings (SSSR count). The van der Waals surface area contributed by atoms with E-state index in [-0.39, 0.29) is 24.5 Å². The highest BCUT2D eigenvalue weighted by Gasteiger charge is 2.25. The fraction of sp³-hybridized carbons (Fsp3) is 0.478. The first-order valence-corrected chi connectivity index (χ1v) is 11.1. The summed E-state index contributed by atoms with van der Waals surface area (Å²) in [6.45, 7) is 7.05. The molecule has 0 aliphatic heterocycles. The van der Waals surface area contributed by atoms with E-state index in [4.69, 9.17) is 49.0 Å². The molecule has 2 unspecified atom stereocenters. The lowest BCUT2D eigenvalue weighted by molar-refractivity contribution is 0.0326. The quantitative estimate of drug-likeness (QED) is 0.407. The first kappa shape index (κ1) is 25.1. The number of ether oxygens (including phenoxy) is 3. The molecule has 0 amide bonds. The van der Waals surface area contributed by atoms with Gasteiger partial charge in [0.15, 0.2) is 0 Å². The molecule has 2 aromatic carbocycles. The molecule has 0 fully saturated rings. The monoisotopic (exact) mass is 474 g/mol. The maximum Gasteiger partial charge on any atom is 0.138 e. The van der Waals surface area contributed by atoms with Crippen molar-refractivity contribution in [2.75, 3.05) is 32.8 Å². The fourth-order valence-corrected chi connectivity index (χ4v) is 3.44. The molecule has 2 aromatic rings. The summed E-state index contributed by atoms with van der Waals surface area (Å²) in [7, 11) is 1.53. The van der Waals surface area contributed by atoms with Crippen molar-refractivity contribution in [3.63, 3.8) is 0 Å². The maximum atomic E-state index is 9.74. The molecule has 166 valence electrons. The Morgan fingerprint density at radius 3 is 1.83 bits per heavy atom. The summed E-state index contributed by atoms with van der Waals surface area (Å²) in [4.78, 5) is 0. The number of aliphatic hydroxyl groups excluding tert-OH is 1. The number of alkyl halides is 1. The van der Waals surface area contributed by atoms with Gasteiger partial charge in [-0.3, -0.25) is 0 Å². The smallest absolute Gasteiger partial charge is 0.138 e. The van der Waals surface area contributed by atoms with E-state index in [0.717, 1.165) is 11.1 Å². The lowest BCUT2D eigenvalue weighted by atomic mass is 9.78. The van der Waals surface area contributed by atoms with Gasteiger partial charge in [-0.15, -0.1) is 11.6 Å². The van der Waals surface area contributed by atoms with Gasteiger partial charge >= 0.3 is 0 Å². The van der Waals surface area contributed by atoms with Crippen LogP contribution in [0.15, 0.2) is 36.4 Å². The summed E-state index contributed by atoms with van der Waals surface area (Å²) in [5.74, 6) is 1.94. The lowest BCUT2D eigenvalue weighted by Crippen LogP contribution is -2.23. The third-order valence-electron chi connectivity index (χ3n) is 4.88. The van der Waals surface area contributed by atoms with Crippen LogP contribution in [0.25, 0.3) is 0 Å². The predicted octanol–water partition coefficient (Wildman–Crippen LogP) is 5.96. The van der Waals surface area contributed by atoms with E-state index in [2.05, 4.69) is 13.8 Å². The zero-order valence-electron chi connectivity index (χ0n) is 17.8. The Balaban J connectivity index is 2.16. The van der Waals surface area contributed by atoms with Crippen molar-refractivity contribution in [3.8, 4) is 11.5 Å². The highest BCUT2D eigenvalue weighted by atomic mass is 35.5. The van der Waals surface area contributed by atoms with Crippen LogP contribution in [0.1, 0.15) is 31.9 Å². The molecule has 0 aliphatic rings. The molecule has 0 heterocycles. The van der Waals surface area contributed by atoms with E-state index in [9.17, 15) is 5.11 Å². The van der Waals surface area contributed by atoms with Gasteiger partial charge in [0.25, 0.3) is 0 Å². The van der Waals surface area contributed by atoms with Crippen molar-refractivity contribution >= 4 is 34.8 Å². The summed E-state index contributed by atoms with van der Waals surface area (Å²) >= 11 is 18.7. The molecular weight excluding hydrogens is 447 g/mol. The molecule has 0 saturated heterocycles. The highest BCUT2D eigenvalue weighted by Crippen LogP contribution is 2.38. The van der Waals surface area contributed by atoms with Gasteiger partial charge in [0.05, 0.1) is 23.3 Å². The highest BCUT2D eigenvalue weighted by molar-refractivity contribution is 6.32. The Kier molecular flexibility index (Phi) is 9.58. The van der Waals surface area contributed by atoms with E-state index in [1.54, 1.807) is 0 Å². The van der Waals surface area contributed by atoms with Gasteiger partial charge in [-0.25, -0.2) is 0 Å².